The Balaban J connectivity index is 1.97. The molecule has 1 aromatic heterocycles. The molecule has 0 aliphatic heterocycles. The zero-order chi connectivity index (χ0) is 16.8. The molecule has 0 unspecified atom stereocenters. The van der Waals surface area contributed by atoms with E-state index >= 15 is 0 Å². The minimum absolute atomic E-state index is 0.224. The van der Waals surface area contributed by atoms with Crippen LogP contribution in [0.4, 0.5) is 0 Å². The molecule has 2 aromatic carbocycles. The first-order valence-corrected chi connectivity index (χ1v) is 8.78. The van der Waals surface area contributed by atoms with Crippen molar-refractivity contribution in [3.8, 4) is 11.3 Å². The van der Waals surface area contributed by atoms with E-state index < -0.39 is 0 Å². The topological polar surface area (TPSA) is 30.0 Å². The van der Waals surface area contributed by atoms with Gasteiger partial charge in [0.25, 0.3) is 0 Å². The van der Waals surface area contributed by atoms with Gasteiger partial charge < -0.3 is 0 Å². The van der Waals surface area contributed by atoms with Crippen molar-refractivity contribution in [2.24, 2.45) is 0 Å². The lowest BCUT2D eigenvalue weighted by atomic mass is 9.98. The summed E-state index contributed by atoms with van der Waals surface area (Å²) in [5, 5.41) is 0.956. The molecule has 0 radical (unpaired) electrons. The molecule has 0 aliphatic rings. The van der Waals surface area contributed by atoms with E-state index in [9.17, 15) is 4.79 Å². The van der Waals surface area contributed by atoms with E-state index in [1.54, 1.807) is 0 Å². The van der Waals surface area contributed by atoms with E-state index in [1.807, 2.05) is 60.7 Å². The lowest BCUT2D eigenvalue weighted by molar-refractivity contribution is 0.0980. The van der Waals surface area contributed by atoms with Crippen LogP contribution in [0.25, 0.3) is 22.2 Å². The van der Waals surface area contributed by atoms with Crippen molar-refractivity contribution in [2.75, 3.05) is 0 Å². The fourth-order valence-electron chi connectivity index (χ4n) is 3.01. The second kappa shape index (κ2) is 7.87. The average Bonchev–Trinajstić information content (AvgIpc) is 2.65. The number of fused-ring (bicyclic) bond motifs is 1. The number of nitrogens with zero attached hydrogens (tertiary/aromatic N) is 1. The third-order valence-electron chi connectivity index (χ3n) is 4.34. The van der Waals surface area contributed by atoms with Crippen LogP contribution in [-0.4, -0.2) is 10.8 Å². The van der Waals surface area contributed by atoms with Gasteiger partial charge >= 0.3 is 0 Å². The number of hydrogen-bond acceptors (Lipinski definition) is 2. The van der Waals surface area contributed by atoms with E-state index in [0.29, 0.717) is 6.42 Å². The van der Waals surface area contributed by atoms with Gasteiger partial charge in [-0.25, -0.2) is 4.98 Å². The SMILES string of the molecule is CCCCCCC(=O)c1cc(-c2ccccc2)nc2ccccc12. The molecule has 3 aromatic rings. The molecule has 0 fully saturated rings. The lowest BCUT2D eigenvalue weighted by Gasteiger charge is -2.09. The predicted octanol–water partition coefficient (Wildman–Crippen LogP) is 6.05. The van der Waals surface area contributed by atoms with Gasteiger partial charge in [0.1, 0.15) is 0 Å². The quantitative estimate of drug-likeness (QED) is 0.392. The minimum atomic E-state index is 0.224. The van der Waals surface area contributed by atoms with Crippen LogP contribution in [0, 0.1) is 0 Å². The largest absolute Gasteiger partial charge is 0.294 e. The number of unbranched alkanes of at least 4 members (excludes halogenated alkanes) is 3. The lowest BCUT2D eigenvalue weighted by Crippen LogP contribution is -2.02. The molecule has 2 nitrogen and oxygen atoms in total. The molecule has 0 N–H and O–H groups in total. The van der Waals surface area contributed by atoms with Crippen LogP contribution in [0.5, 0.6) is 0 Å². The fraction of sp³-hybridized carbons (Fsp3) is 0.273. The van der Waals surface area contributed by atoms with Gasteiger partial charge in [-0.2, -0.15) is 0 Å². The number of carbonyl (C=O) groups excluding carboxylic acids is 1. The molecular weight excluding hydrogens is 294 g/mol. The Bertz CT molecular complexity index is 824. The summed E-state index contributed by atoms with van der Waals surface area (Å²) >= 11 is 0. The number of hydrogen-bond donors (Lipinski definition) is 0. The summed E-state index contributed by atoms with van der Waals surface area (Å²) in [6.07, 6.45) is 5.08. The minimum Gasteiger partial charge on any atom is -0.294 e. The van der Waals surface area contributed by atoms with Crippen molar-refractivity contribution < 1.29 is 4.79 Å². The zero-order valence-electron chi connectivity index (χ0n) is 14.2. The van der Waals surface area contributed by atoms with Crippen LogP contribution in [0.3, 0.4) is 0 Å². The van der Waals surface area contributed by atoms with E-state index in [0.717, 1.165) is 40.6 Å². The van der Waals surface area contributed by atoms with Gasteiger partial charge in [-0.1, -0.05) is 74.7 Å². The number of para-hydroxylation sites is 1. The van der Waals surface area contributed by atoms with E-state index in [2.05, 4.69) is 6.92 Å². The molecule has 0 aliphatic carbocycles. The van der Waals surface area contributed by atoms with Gasteiger partial charge in [-0.05, 0) is 18.6 Å². The molecule has 1 heterocycles. The van der Waals surface area contributed by atoms with E-state index in [4.69, 9.17) is 4.98 Å². The third kappa shape index (κ3) is 3.70. The van der Waals surface area contributed by atoms with Crippen LogP contribution in [0.2, 0.25) is 0 Å². The third-order valence-corrected chi connectivity index (χ3v) is 4.34. The van der Waals surface area contributed by atoms with Crippen LogP contribution >= 0.6 is 0 Å². The van der Waals surface area contributed by atoms with Crippen LogP contribution in [0.1, 0.15) is 49.4 Å². The van der Waals surface area contributed by atoms with Crippen molar-refractivity contribution in [2.45, 2.75) is 39.0 Å². The predicted molar refractivity (Wildman–Crippen MR) is 100 cm³/mol. The molecule has 0 bridgehead atoms. The fourth-order valence-corrected chi connectivity index (χ4v) is 3.01. The van der Waals surface area contributed by atoms with Gasteiger partial charge in [-0.15, -0.1) is 0 Å². The summed E-state index contributed by atoms with van der Waals surface area (Å²) < 4.78 is 0. The molecule has 24 heavy (non-hydrogen) atoms. The van der Waals surface area contributed by atoms with E-state index in [-0.39, 0.29) is 5.78 Å². The number of Topliss-reactive ketones (excluding diaryl/α,β-unsaturated/α-hetero) is 1. The number of aromatic nitrogens is 1. The summed E-state index contributed by atoms with van der Waals surface area (Å²) in [5.41, 5.74) is 3.60. The number of benzene rings is 2. The molecule has 0 saturated carbocycles. The monoisotopic (exact) mass is 317 g/mol. The Hall–Kier alpha value is -2.48. The second-order valence-electron chi connectivity index (χ2n) is 6.17. The summed E-state index contributed by atoms with van der Waals surface area (Å²) in [5.74, 6) is 0.224. The first-order chi connectivity index (χ1) is 11.8. The molecule has 3 rings (SSSR count). The second-order valence-corrected chi connectivity index (χ2v) is 6.17. The Morgan fingerprint density at radius 1 is 0.917 bits per heavy atom. The smallest absolute Gasteiger partial charge is 0.163 e. The van der Waals surface area contributed by atoms with E-state index in [1.165, 1.54) is 12.8 Å². The molecule has 0 amide bonds. The highest BCUT2D eigenvalue weighted by Gasteiger charge is 2.13. The van der Waals surface area contributed by atoms with Gasteiger partial charge in [0.05, 0.1) is 11.2 Å². The number of carbonyl (C=O) groups is 1. The van der Waals surface area contributed by atoms with Crippen LogP contribution in [-0.2, 0) is 0 Å². The highest BCUT2D eigenvalue weighted by Crippen LogP contribution is 2.26. The van der Waals surface area contributed by atoms with Crippen molar-refractivity contribution in [3.05, 3.63) is 66.2 Å². The Morgan fingerprint density at radius 3 is 2.46 bits per heavy atom. The highest BCUT2D eigenvalue weighted by molar-refractivity contribution is 6.08. The summed E-state index contributed by atoms with van der Waals surface area (Å²) in [7, 11) is 0. The van der Waals surface area contributed by atoms with Crippen molar-refractivity contribution in [1.29, 1.82) is 0 Å². The number of pyridine rings is 1. The maximum atomic E-state index is 12.8. The molecule has 122 valence electrons. The standard InChI is InChI=1S/C22H23NO/c1-2-3-4-8-15-22(24)19-16-21(17-11-6-5-7-12-17)23-20-14-10-9-13-18(19)20/h5-7,9-14,16H,2-4,8,15H2,1H3. The summed E-state index contributed by atoms with van der Waals surface area (Å²) in [6, 6.07) is 19.9. The van der Waals surface area contributed by atoms with Gasteiger partial charge in [0, 0.05) is 22.9 Å². The van der Waals surface area contributed by atoms with Gasteiger partial charge in [0.2, 0.25) is 0 Å². The number of rotatable bonds is 7. The molecule has 2 heteroatoms. The normalized spacial score (nSPS) is 10.9. The first kappa shape index (κ1) is 16.4. The Morgan fingerprint density at radius 2 is 1.67 bits per heavy atom. The summed E-state index contributed by atoms with van der Waals surface area (Å²) in [4.78, 5) is 17.5. The Labute approximate surface area is 143 Å². The molecule has 0 atom stereocenters. The highest BCUT2D eigenvalue weighted by atomic mass is 16.1. The molecule has 0 spiro atoms. The van der Waals surface area contributed by atoms with Gasteiger partial charge in [0.15, 0.2) is 5.78 Å². The van der Waals surface area contributed by atoms with Crippen molar-refractivity contribution in [3.63, 3.8) is 0 Å². The van der Waals surface area contributed by atoms with Gasteiger partial charge in [-0.3, -0.25) is 4.79 Å². The summed E-state index contributed by atoms with van der Waals surface area (Å²) in [6.45, 7) is 2.18. The zero-order valence-corrected chi connectivity index (χ0v) is 14.2. The van der Waals surface area contributed by atoms with Crippen molar-refractivity contribution in [1.82, 2.24) is 4.98 Å². The first-order valence-electron chi connectivity index (χ1n) is 8.78. The number of ketones is 1. The van der Waals surface area contributed by atoms with Crippen LogP contribution in [0.15, 0.2) is 60.7 Å². The molecular formula is C22H23NO. The maximum Gasteiger partial charge on any atom is 0.163 e. The average molecular weight is 317 g/mol. The maximum absolute atomic E-state index is 12.8. The van der Waals surface area contributed by atoms with Crippen LogP contribution < -0.4 is 0 Å². The van der Waals surface area contributed by atoms with Crippen molar-refractivity contribution >= 4 is 16.7 Å². The molecule has 0 saturated heterocycles. The Kier molecular flexibility index (Phi) is 5.37.